The maximum atomic E-state index is 12.9. The summed E-state index contributed by atoms with van der Waals surface area (Å²) in [6.45, 7) is 5.66. The third kappa shape index (κ3) is 4.28. The maximum Gasteiger partial charge on any atom is 0.252 e. The molecule has 1 unspecified atom stereocenters. The first-order valence-corrected chi connectivity index (χ1v) is 10.8. The van der Waals surface area contributed by atoms with E-state index in [-0.39, 0.29) is 11.9 Å². The molecule has 10 heteroatoms. The normalized spacial score (nSPS) is 12.0. The molecule has 0 bridgehead atoms. The fourth-order valence-electron chi connectivity index (χ4n) is 2.85. The Bertz CT molecular complexity index is 1040. The van der Waals surface area contributed by atoms with Crippen molar-refractivity contribution < 1.29 is 9.59 Å². The van der Waals surface area contributed by atoms with Gasteiger partial charge >= 0.3 is 0 Å². The number of aromatic nitrogens is 3. The number of hydrogen-bond acceptors (Lipinski definition) is 7. The molecule has 3 rings (SSSR count). The number of carbonyl (C=O) groups is 2. The minimum Gasteiger partial charge on any atom is -0.368 e. The van der Waals surface area contributed by atoms with Crippen molar-refractivity contribution in [1.29, 1.82) is 0 Å². The van der Waals surface area contributed by atoms with Crippen molar-refractivity contribution in [2.45, 2.75) is 32.0 Å². The number of carbonyl (C=O) groups excluding carboxylic acids is 2. The van der Waals surface area contributed by atoms with Gasteiger partial charge < -0.3 is 16.8 Å². The Morgan fingerprint density at radius 2 is 1.97 bits per heavy atom. The van der Waals surface area contributed by atoms with Crippen LogP contribution in [-0.4, -0.2) is 32.3 Å². The van der Waals surface area contributed by atoms with Crippen molar-refractivity contribution in [2.24, 2.45) is 5.73 Å². The van der Waals surface area contributed by atoms with Gasteiger partial charge in [0.15, 0.2) is 5.16 Å². The third-order valence-corrected chi connectivity index (χ3v) is 6.09. The van der Waals surface area contributed by atoms with Crippen LogP contribution in [0.15, 0.2) is 34.8 Å². The molecule has 1 aromatic carbocycles. The van der Waals surface area contributed by atoms with E-state index < -0.39 is 11.9 Å². The van der Waals surface area contributed by atoms with Gasteiger partial charge in [-0.1, -0.05) is 48.5 Å². The summed E-state index contributed by atoms with van der Waals surface area (Å²) < 4.78 is 1.57. The Morgan fingerprint density at radius 1 is 1.28 bits per heavy atom. The first-order chi connectivity index (χ1) is 13.8. The number of amides is 2. The Kier molecular flexibility index (Phi) is 6.23. The van der Waals surface area contributed by atoms with Gasteiger partial charge in [-0.2, -0.15) is 0 Å². The van der Waals surface area contributed by atoms with E-state index in [4.69, 9.17) is 11.5 Å². The Hall–Kier alpha value is -2.85. The zero-order chi connectivity index (χ0) is 21.1. The van der Waals surface area contributed by atoms with Gasteiger partial charge in [0.05, 0.1) is 5.56 Å². The van der Waals surface area contributed by atoms with Gasteiger partial charge in [-0.3, -0.25) is 14.2 Å². The number of nitrogens with two attached hydrogens (primary N) is 2. The van der Waals surface area contributed by atoms with E-state index in [0.29, 0.717) is 21.3 Å². The van der Waals surface area contributed by atoms with Crippen molar-refractivity contribution in [3.63, 3.8) is 0 Å². The Labute approximate surface area is 176 Å². The minimum absolute atomic E-state index is 0.158. The predicted molar refractivity (Wildman–Crippen MR) is 117 cm³/mol. The number of nitrogens with one attached hydrogen (secondary N) is 1. The van der Waals surface area contributed by atoms with Crippen molar-refractivity contribution >= 4 is 45.9 Å². The molecule has 152 valence electrons. The van der Waals surface area contributed by atoms with Crippen LogP contribution in [0.1, 0.15) is 35.8 Å². The summed E-state index contributed by atoms with van der Waals surface area (Å²) in [5.74, 6) is -0.0151. The number of thiophene rings is 1. The highest BCUT2D eigenvalue weighted by molar-refractivity contribution is 7.99. The summed E-state index contributed by atoms with van der Waals surface area (Å²) in [7, 11) is 0. The van der Waals surface area contributed by atoms with Crippen molar-refractivity contribution in [2.75, 3.05) is 16.8 Å². The molecule has 2 amide bonds. The van der Waals surface area contributed by atoms with E-state index in [1.165, 1.54) is 23.1 Å². The lowest BCUT2D eigenvalue weighted by molar-refractivity contribution is -0.118. The van der Waals surface area contributed by atoms with Crippen LogP contribution in [0.25, 0.3) is 11.1 Å². The van der Waals surface area contributed by atoms with Crippen LogP contribution in [0.4, 0.5) is 10.9 Å². The van der Waals surface area contributed by atoms with E-state index in [1.807, 2.05) is 43.5 Å². The van der Waals surface area contributed by atoms with Crippen LogP contribution in [-0.2, 0) is 4.79 Å². The second-order valence-electron chi connectivity index (χ2n) is 6.39. The molecule has 0 aliphatic carbocycles. The molecule has 0 aliphatic rings. The molecule has 1 atom stereocenters. The van der Waals surface area contributed by atoms with Gasteiger partial charge in [0.2, 0.25) is 11.9 Å². The van der Waals surface area contributed by atoms with Crippen LogP contribution >= 0.6 is 23.1 Å². The fourth-order valence-corrected chi connectivity index (χ4v) is 4.58. The van der Waals surface area contributed by atoms with Crippen LogP contribution in [0.5, 0.6) is 0 Å². The molecule has 0 aliphatic heterocycles. The second-order valence-corrected chi connectivity index (χ2v) is 8.50. The van der Waals surface area contributed by atoms with Crippen LogP contribution < -0.4 is 16.8 Å². The minimum atomic E-state index is -0.662. The fraction of sp³-hybridized carbons (Fsp3) is 0.263. The van der Waals surface area contributed by atoms with Gasteiger partial charge in [0, 0.05) is 10.9 Å². The number of nitrogen functional groups attached to an aromatic ring is 1. The van der Waals surface area contributed by atoms with Crippen LogP contribution in [0, 0.1) is 6.92 Å². The molecule has 29 heavy (non-hydrogen) atoms. The zero-order valence-corrected chi connectivity index (χ0v) is 17.9. The number of benzene rings is 1. The molecule has 0 fully saturated rings. The third-order valence-electron chi connectivity index (χ3n) is 4.37. The highest BCUT2D eigenvalue weighted by Gasteiger charge is 2.25. The van der Waals surface area contributed by atoms with Crippen molar-refractivity contribution in [3.8, 4) is 11.1 Å². The summed E-state index contributed by atoms with van der Waals surface area (Å²) in [4.78, 5) is 25.0. The topological polar surface area (TPSA) is 129 Å². The zero-order valence-electron chi connectivity index (χ0n) is 16.3. The van der Waals surface area contributed by atoms with Gasteiger partial charge in [-0.15, -0.1) is 21.5 Å². The van der Waals surface area contributed by atoms with Gasteiger partial charge in [-0.25, -0.2) is 0 Å². The van der Waals surface area contributed by atoms with E-state index in [2.05, 4.69) is 15.5 Å². The van der Waals surface area contributed by atoms with Crippen LogP contribution in [0.3, 0.4) is 0 Å². The molecule has 2 heterocycles. The number of nitrogens with zero attached hydrogens (tertiary/aromatic N) is 3. The highest BCUT2D eigenvalue weighted by atomic mass is 32.2. The van der Waals surface area contributed by atoms with E-state index in [0.717, 1.165) is 16.9 Å². The molecule has 0 saturated heterocycles. The van der Waals surface area contributed by atoms with E-state index in [9.17, 15) is 9.59 Å². The molecule has 2 aromatic heterocycles. The SMILES string of the molecule is CCSc1nnc(N)n1C(C)C(=O)Nc1scc(-c2ccc(C)cc2)c1C(N)=O. The molecule has 0 radical (unpaired) electrons. The lowest BCUT2D eigenvalue weighted by Crippen LogP contribution is -2.26. The van der Waals surface area contributed by atoms with Crippen molar-refractivity contribution in [1.82, 2.24) is 14.8 Å². The number of thioether (sulfide) groups is 1. The summed E-state index contributed by atoms with van der Waals surface area (Å²) in [5.41, 5.74) is 14.5. The summed E-state index contributed by atoms with van der Waals surface area (Å²) >= 11 is 2.70. The number of hydrogen-bond donors (Lipinski definition) is 3. The average molecular weight is 431 g/mol. The quantitative estimate of drug-likeness (QED) is 0.493. The first-order valence-electron chi connectivity index (χ1n) is 8.95. The lowest BCUT2D eigenvalue weighted by atomic mass is 10.0. The summed E-state index contributed by atoms with van der Waals surface area (Å²) in [6, 6.07) is 7.10. The Balaban J connectivity index is 1.90. The van der Waals surface area contributed by atoms with Crippen molar-refractivity contribution in [3.05, 3.63) is 40.8 Å². The Morgan fingerprint density at radius 3 is 2.59 bits per heavy atom. The largest absolute Gasteiger partial charge is 0.368 e. The molecular formula is C19H22N6O2S2. The first kappa shape index (κ1) is 20.9. The standard InChI is InChI=1S/C19H22N6O2S2/c1-4-28-19-24-23-18(21)25(19)11(3)16(27)22-17-14(15(20)26)13(9-29-17)12-7-5-10(2)6-8-12/h5-9,11H,4H2,1-3H3,(H2,20,26)(H2,21,23)(H,22,27). The number of aryl methyl sites for hydroxylation is 1. The summed E-state index contributed by atoms with van der Waals surface area (Å²) in [5, 5.41) is 13.5. The lowest BCUT2D eigenvalue weighted by Gasteiger charge is -2.16. The number of anilines is 2. The predicted octanol–water partition coefficient (Wildman–Crippen LogP) is 3.31. The molecule has 3 aromatic rings. The molecule has 0 saturated carbocycles. The smallest absolute Gasteiger partial charge is 0.252 e. The molecule has 5 N–H and O–H groups in total. The average Bonchev–Trinajstić information content (AvgIpc) is 3.26. The van der Waals surface area contributed by atoms with Gasteiger partial charge in [-0.05, 0) is 25.2 Å². The monoisotopic (exact) mass is 430 g/mol. The van der Waals surface area contributed by atoms with Crippen LogP contribution in [0.2, 0.25) is 0 Å². The number of rotatable bonds is 7. The van der Waals surface area contributed by atoms with E-state index >= 15 is 0 Å². The maximum absolute atomic E-state index is 12.9. The second kappa shape index (κ2) is 8.66. The summed E-state index contributed by atoms with van der Waals surface area (Å²) in [6.07, 6.45) is 0. The highest BCUT2D eigenvalue weighted by Crippen LogP contribution is 2.36. The molecular weight excluding hydrogens is 408 g/mol. The molecule has 8 nitrogen and oxygen atoms in total. The molecule has 0 spiro atoms. The van der Waals surface area contributed by atoms with Gasteiger partial charge in [0.1, 0.15) is 11.0 Å². The number of primary amides is 1. The van der Waals surface area contributed by atoms with Gasteiger partial charge in [0.25, 0.3) is 5.91 Å². The van der Waals surface area contributed by atoms with E-state index in [1.54, 1.807) is 11.5 Å².